The van der Waals surface area contributed by atoms with Gasteiger partial charge in [-0.3, -0.25) is 14.3 Å². The number of likely N-dealkylation sites (N-methyl/N-ethyl adjacent to an activating group) is 1. The molecular weight excluding hydrogens is 437 g/mol. The molecule has 1 saturated heterocycles. The van der Waals surface area contributed by atoms with Gasteiger partial charge in [0.15, 0.2) is 0 Å². The summed E-state index contributed by atoms with van der Waals surface area (Å²) in [5, 5.41) is 7.65. The lowest BCUT2D eigenvalue weighted by molar-refractivity contribution is -0.141. The highest BCUT2D eigenvalue weighted by Gasteiger charge is 2.33. The third-order valence-electron chi connectivity index (χ3n) is 5.55. The van der Waals surface area contributed by atoms with Crippen LogP contribution in [0.3, 0.4) is 0 Å². The fourth-order valence-electron chi connectivity index (χ4n) is 3.70. The summed E-state index contributed by atoms with van der Waals surface area (Å²) >= 11 is 0. The van der Waals surface area contributed by atoms with E-state index in [9.17, 15) is 22.8 Å². The number of fused-ring (bicyclic) bond motifs is 1. The van der Waals surface area contributed by atoms with E-state index in [2.05, 4.69) is 27.2 Å². The molecule has 1 aliphatic heterocycles. The van der Waals surface area contributed by atoms with Gasteiger partial charge in [0, 0.05) is 43.4 Å². The molecule has 0 saturated carbocycles. The number of benzene rings is 1. The molecule has 3 heterocycles. The van der Waals surface area contributed by atoms with Crippen LogP contribution in [0.4, 0.5) is 18.9 Å². The van der Waals surface area contributed by atoms with Crippen LogP contribution in [-0.2, 0) is 17.5 Å². The zero-order valence-corrected chi connectivity index (χ0v) is 18.0. The van der Waals surface area contributed by atoms with E-state index in [1.165, 1.54) is 6.07 Å². The van der Waals surface area contributed by atoms with E-state index in [4.69, 9.17) is 0 Å². The van der Waals surface area contributed by atoms with Crippen LogP contribution in [0, 0.1) is 0 Å². The highest BCUT2D eigenvalue weighted by atomic mass is 19.4. The second-order valence-electron chi connectivity index (χ2n) is 7.78. The van der Waals surface area contributed by atoms with Gasteiger partial charge in [0.1, 0.15) is 17.9 Å². The molecule has 3 aromatic rings. The van der Waals surface area contributed by atoms with E-state index in [0.717, 1.165) is 31.8 Å². The zero-order valence-electron chi connectivity index (χ0n) is 18.0. The maximum absolute atomic E-state index is 12.8. The lowest BCUT2D eigenvalue weighted by Crippen LogP contribution is -2.49. The first-order valence-electron chi connectivity index (χ1n) is 10.6. The Labute approximate surface area is 188 Å². The van der Waals surface area contributed by atoms with Crippen molar-refractivity contribution in [3.05, 3.63) is 54.0 Å². The fourth-order valence-corrected chi connectivity index (χ4v) is 3.70. The summed E-state index contributed by atoms with van der Waals surface area (Å²) in [6.07, 6.45) is -2.93. The Kier molecular flexibility index (Phi) is 6.32. The predicted molar refractivity (Wildman–Crippen MR) is 116 cm³/mol. The number of nitrogens with one attached hydrogen (secondary N) is 1. The van der Waals surface area contributed by atoms with E-state index >= 15 is 0 Å². The number of amides is 2. The third kappa shape index (κ3) is 5.30. The van der Waals surface area contributed by atoms with Crippen LogP contribution in [0.15, 0.2) is 42.6 Å². The maximum Gasteiger partial charge on any atom is 0.433 e. The summed E-state index contributed by atoms with van der Waals surface area (Å²) < 4.78 is 40.1. The fraction of sp³-hybridized carbons (Fsp3) is 0.364. The molecule has 1 fully saturated rings. The highest BCUT2D eigenvalue weighted by Crippen LogP contribution is 2.27. The van der Waals surface area contributed by atoms with Gasteiger partial charge in [-0.05, 0) is 36.9 Å². The molecule has 1 N–H and O–H groups in total. The summed E-state index contributed by atoms with van der Waals surface area (Å²) in [6.45, 7) is 6.26. The lowest BCUT2D eigenvalue weighted by atomic mass is 10.2. The average Bonchev–Trinajstić information content (AvgIpc) is 3.20. The predicted octanol–water partition coefficient (Wildman–Crippen LogP) is 2.87. The van der Waals surface area contributed by atoms with Crippen LogP contribution in [0.2, 0.25) is 0 Å². The van der Waals surface area contributed by atoms with Crippen LogP contribution in [0.25, 0.3) is 10.9 Å². The van der Waals surface area contributed by atoms with Crippen molar-refractivity contribution in [2.75, 3.05) is 38.0 Å². The number of anilines is 1. The second-order valence-corrected chi connectivity index (χ2v) is 7.78. The molecule has 0 atom stereocenters. The molecule has 2 amide bonds. The number of alkyl halides is 3. The van der Waals surface area contributed by atoms with Gasteiger partial charge in [0.25, 0.3) is 5.91 Å². The van der Waals surface area contributed by atoms with Crippen molar-refractivity contribution < 1.29 is 22.8 Å². The van der Waals surface area contributed by atoms with Gasteiger partial charge < -0.3 is 15.1 Å². The topological polar surface area (TPSA) is 83.4 Å². The molecule has 0 unspecified atom stereocenters. The number of carbonyl (C=O) groups is 2. The van der Waals surface area contributed by atoms with Crippen molar-refractivity contribution in [3.8, 4) is 0 Å². The van der Waals surface area contributed by atoms with Crippen molar-refractivity contribution in [1.82, 2.24) is 24.6 Å². The van der Waals surface area contributed by atoms with Crippen molar-refractivity contribution in [1.29, 1.82) is 0 Å². The van der Waals surface area contributed by atoms with E-state index in [1.54, 1.807) is 29.1 Å². The summed E-state index contributed by atoms with van der Waals surface area (Å²) in [4.78, 5) is 32.5. The van der Waals surface area contributed by atoms with Crippen molar-refractivity contribution in [3.63, 3.8) is 0 Å². The zero-order chi connectivity index (χ0) is 23.6. The minimum absolute atomic E-state index is 0.0114. The smallest absolute Gasteiger partial charge is 0.339 e. The Bertz CT molecular complexity index is 1170. The molecule has 2 aromatic heterocycles. The highest BCUT2D eigenvalue weighted by molar-refractivity contribution is 6.03. The van der Waals surface area contributed by atoms with E-state index in [1.807, 2.05) is 4.90 Å². The molecule has 11 heteroatoms. The Morgan fingerprint density at radius 1 is 1.09 bits per heavy atom. The Morgan fingerprint density at radius 2 is 1.85 bits per heavy atom. The number of nitrogens with zero attached hydrogens (tertiary/aromatic N) is 5. The maximum atomic E-state index is 12.8. The van der Waals surface area contributed by atoms with Gasteiger partial charge in [-0.15, -0.1) is 0 Å². The Balaban J connectivity index is 1.43. The molecular formula is C22H23F3N6O2. The number of rotatable bonds is 5. The summed E-state index contributed by atoms with van der Waals surface area (Å²) in [6, 6.07) is 8.07. The number of pyridine rings is 1. The van der Waals surface area contributed by atoms with Crippen molar-refractivity contribution in [2.45, 2.75) is 19.6 Å². The van der Waals surface area contributed by atoms with Crippen molar-refractivity contribution >= 4 is 28.4 Å². The third-order valence-corrected chi connectivity index (χ3v) is 5.55. The number of aromatic nitrogens is 3. The quantitative estimate of drug-likeness (QED) is 0.633. The Hall–Kier alpha value is -3.47. The van der Waals surface area contributed by atoms with Crippen LogP contribution >= 0.6 is 0 Å². The van der Waals surface area contributed by atoms with Crippen LogP contribution in [0.5, 0.6) is 0 Å². The first kappa shape index (κ1) is 22.7. The van der Waals surface area contributed by atoms with Crippen LogP contribution < -0.4 is 5.32 Å². The van der Waals surface area contributed by atoms with E-state index < -0.39 is 17.8 Å². The average molecular weight is 460 g/mol. The van der Waals surface area contributed by atoms with Gasteiger partial charge >= 0.3 is 6.18 Å². The van der Waals surface area contributed by atoms with E-state index in [0.29, 0.717) is 29.7 Å². The van der Waals surface area contributed by atoms with Crippen LogP contribution in [0.1, 0.15) is 23.1 Å². The van der Waals surface area contributed by atoms with Crippen LogP contribution in [-0.4, -0.2) is 69.1 Å². The molecule has 0 radical (unpaired) electrons. The minimum Gasteiger partial charge on any atom is -0.339 e. The minimum atomic E-state index is -4.63. The number of piperazine rings is 1. The van der Waals surface area contributed by atoms with Gasteiger partial charge in [-0.25, -0.2) is 4.98 Å². The molecule has 0 bridgehead atoms. The number of carbonyl (C=O) groups excluding carboxylic acids is 2. The monoisotopic (exact) mass is 460 g/mol. The first-order chi connectivity index (χ1) is 15.7. The largest absolute Gasteiger partial charge is 0.433 e. The SMILES string of the molecule is CCN1CCN(C(=O)Cn2cc3cc(NC(=O)c4cccc(C(F)(F)F)n4)ccc3n2)CC1. The molecule has 0 spiro atoms. The summed E-state index contributed by atoms with van der Waals surface area (Å²) in [5.74, 6) is -0.767. The molecule has 1 aromatic carbocycles. The second kappa shape index (κ2) is 9.18. The first-order valence-corrected chi connectivity index (χ1v) is 10.6. The molecule has 174 valence electrons. The standard InChI is InChI=1S/C22H23F3N6O2/c1-2-29-8-10-30(11-9-29)20(32)14-31-13-15-12-16(6-7-17(15)28-31)26-21(33)18-4-3-5-19(27-18)22(23,24)25/h3-7,12-13H,2,8-11,14H2,1H3,(H,26,33). The molecule has 8 nitrogen and oxygen atoms in total. The molecule has 4 rings (SSSR count). The normalized spacial score (nSPS) is 15.1. The van der Waals surface area contributed by atoms with Gasteiger partial charge in [-0.1, -0.05) is 13.0 Å². The molecule has 33 heavy (non-hydrogen) atoms. The lowest BCUT2D eigenvalue weighted by Gasteiger charge is -2.34. The Morgan fingerprint density at radius 3 is 2.55 bits per heavy atom. The van der Waals surface area contributed by atoms with E-state index in [-0.39, 0.29) is 18.1 Å². The summed E-state index contributed by atoms with van der Waals surface area (Å²) in [7, 11) is 0. The summed E-state index contributed by atoms with van der Waals surface area (Å²) in [5.41, 5.74) is -0.455. The van der Waals surface area contributed by atoms with Gasteiger partial charge in [0.2, 0.25) is 5.91 Å². The van der Waals surface area contributed by atoms with Gasteiger partial charge in [0.05, 0.1) is 5.52 Å². The van der Waals surface area contributed by atoms with Gasteiger partial charge in [-0.2, -0.15) is 18.3 Å². The molecule has 1 aliphatic rings. The number of hydrogen-bond acceptors (Lipinski definition) is 5. The number of halogens is 3. The molecule has 0 aliphatic carbocycles. The number of hydrogen-bond donors (Lipinski definition) is 1. The van der Waals surface area contributed by atoms with Crippen molar-refractivity contribution in [2.24, 2.45) is 0 Å².